The second-order valence-corrected chi connectivity index (χ2v) is 3.93. The maximum atomic E-state index is 11.6. The number of hydrogen-bond donors (Lipinski definition) is 0. The molecule has 0 saturated heterocycles. The van der Waals surface area contributed by atoms with Gasteiger partial charge < -0.3 is 14.5 Å². The Balaban J connectivity index is 2.81. The van der Waals surface area contributed by atoms with Crippen molar-refractivity contribution in [3.63, 3.8) is 0 Å². The molecule has 1 heterocycles. The van der Waals surface area contributed by atoms with Crippen LogP contribution in [0.5, 0.6) is 0 Å². The smallest absolute Gasteiger partial charge is 0.365 e. The van der Waals surface area contributed by atoms with Crippen molar-refractivity contribution in [1.29, 1.82) is 0 Å². The topological polar surface area (TPSA) is 62.2 Å². The molecule has 0 N–H and O–H groups in total. The van der Waals surface area contributed by atoms with Crippen LogP contribution in [0.25, 0.3) is 0 Å². The molecule has 0 saturated carbocycles. The summed E-state index contributed by atoms with van der Waals surface area (Å²) in [5.41, 5.74) is 0.122. The molecule has 1 aliphatic rings. The molecule has 0 fully saturated rings. The zero-order valence-corrected chi connectivity index (χ0v) is 10.3. The molecule has 6 nitrogen and oxygen atoms in total. The van der Waals surface area contributed by atoms with Crippen molar-refractivity contribution in [3.05, 3.63) is 24.2 Å². The fourth-order valence-corrected chi connectivity index (χ4v) is 1.04. The highest BCUT2D eigenvalue weighted by Crippen LogP contribution is 2.11. The maximum absolute atomic E-state index is 11.6. The Labute approximate surface area is 99.9 Å². The van der Waals surface area contributed by atoms with E-state index in [1.807, 2.05) is 0 Å². The predicted octanol–water partition coefficient (Wildman–Crippen LogP) is -0.0109. The van der Waals surface area contributed by atoms with Gasteiger partial charge >= 0.3 is 5.97 Å². The van der Waals surface area contributed by atoms with Crippen LogP contribution in [0.15, 0.2) is 29.2 Å². The van der Waals surface area contributed by atoms with E-state index in [4.69, 9.17) is 4.74 Å². The van der Waals surface area contributed by atoms with Gasteiger partial charge in [0, 0.05) is 46.7 Å². The highest BCUT2D eigenvalue weighted by atomic mass is 16.6. The van der Waals surface area contributed by atoms with Crippen molar-refractivity contribution >= 4 is 17.7 Å². The van der Waals surface area contributed by atoms with Gasteiger partial charge in [-0.3, -0.25) is 4.79 Å². The van der Waals surface area contributed by atoms with E-state index >= 15 is 0 Å². The minimum Gasteiger partial charge on any atom is -0.398 e. The first-order valence-corrected chi connectivity index (χ1v) is 4.98. The van der Waals surface area contributed by atoms with E-state index in [0.717, 1.165) is 0 Å². The van der Waals surface area contributed by atoms with Crippen molar-refractivity contribution in [2.45, 2.75) is 0 Å². The lowest BCUT2D eigenvalue weighted by Gasteiger charge is -2.02. The van der Waals surface area contributed by atoms with Crippen LogP contribution in [0.2, 0.25) is 0 Å². The molecule has 0 aliphatic carbocycles. The van der Waals surface area contributed by atoms with Gasteiger partial charge in [0.15, 0.2) is 5.70 Å². The minimum absolute atomic E-state index is 0.122. The molecule has 0 spiro atoms. The van der Waals surface area contributed by atoms with Gasteiger partial charge in [0.05, 0.1) is 0 Å². The van der Waals surface area contributed by atoms with Crippen molar-refractivity contribution in [2.75, 3.05) is 28.2 Å². The second-order valence-electron chi connectivity index (χ2n) is 3.93. The molecule has 6 heteroatoms. The highest BCUT2D eigenvalue weighted by Gasteiger charge is 2.26. The summed E-state index contributed by atoms with van der Waals surface area (Å²) >= 11 is 0. The minimum atomic E-state index is -0.611. The fraction of sp³-hybridized carbons (Fsp3) is 0.364. The summed E-state index contributed by atoms with van der Waals surface area (Å²) in [7, 11) is 7.07. The number of carbonyl (C=O) groups excluding carboxylic acids is 2. The number of carbonyl (C=O) groups is 2. The number of nitrogens with zero attached hydrogens (tertiary/aromatic N) is 3. The number of ether oxygens (including phenoxy) is 1. The Morgan fingerprint density at radius 1 is 1.24 bits per heavy atom. The largest absolute Gasteiger partial charge is 0.398 e. The lowest BCUT2D eigenvalue weighted by atomic mass is 10.4. The van der Waals surface area contributed by atoms with Gasteiger partial charge in [-0.2, -0.15) is 0 Å². The van der Waals surface area contributed by atoms with Crippen molar-refractivity contribution < 1.29 is 14.3 Å². The molecule has 0 aromatic carbocycles. The van der Waals surface area contributed by atoms with E-state index in [2.05, 4.69) is 4.99 Å². The van der Waals surface area contributed by atoms with Crippen LogP contribution in [0.3, 0.4) is 0 Å². The average Bonchev–Trinajstić information content (AvgIpc) is 2.56. The highest BCUT2D eigenvalue weighted by molar-refractivity contribution is 6.44. The van der Waals surface area contributed by atoms with Gasteiger partial charge in [-0.25, -0.2) is 9.79 Å². The SMILES string of the molecule is CN(C)/C=C1\N=C(C(=O)/C=C/N(C)C)OC1=O. The molecule has 0 aromatic rings. The van der Waals surface area contributed by atoms with E-state index in [0.29, 0.717) is 0 Å². The Morgan fingerprint density at radius 2 is 1.88 bits per heavy atom. The Hall–Kier alpha value is -2.11. The number of aliphatic imine (C=N–C) groups is 1. The number of esters is 1. The van der Waals surface area contributed by atoms with E-state index in [1.54, 1.807) is 44.2 Å². The van der Waals surface area contributed by atoms with E-state index in [-0.39, 0.29) is 11.6 Å². The summed E-state index contributed by atoms with van der Waals surface area (Å²) in [5.74, 6) is -1.24. The van der Waals surface area contributed by atoms with Crippen molar-refractivity contribution in [3.8, 4) is 0 Å². The van der Waals surface area contributed by atoms with Crippen LogP contribution in [-0.4, -0.2) is 55.6 Å². The Kier molecular flexibility index (Phi) is 4.03. The Morgan fingerprint density at radius 3 is 2.41 bits per heavy atom. The van der Waals surface area contributed by atoms with Gasteiger partial charge in [-0.15, -0.1) is 0 Å². The van der Waals surface area contributed by atoms with Crippen LogP contribution in [0.4, 0.5) is 0 Å². The third-order valence-corrected chi connectivity index (χ3v) is 1.74. The van der Waals surface area contributed by atoms with E-state index < -0.39 is 11.8 Å². The molecular weight excluding hydrogens is 222 g/mol. The number of ketones is 1. The molecule has 0 amide bonds. The summed E-state index contributed by atoms with van der Waals surface area (Å²) < 4.78 is 4.77. The van der Waals surface area contributed by atoms with Gasteiger partial charge in [0.25, 0.3) is 5.90 Å². The summed E-state index contributed by atoms with van der Waals surface area (Å²) in [5, 5.41) is 0. The monoisotopic (exact) mass is 237 g/mol. The first-order chi connectivity index (χ1) is 7.90. The Bertz CT molecular complexity index is 420. The number of rotatable bonds is 4. The van der Waals surface area contributed by atoms with Crippen molar-refractivity contribution in [2.24, 2.45) is 4.99 Å². The molecule has 0 atom stereocenters. The zero-order valence-electron chi connectivity index (χ0n) is 10.3. The van der Waals surface area contributed by atoms with Gasteiger partial charge in [-0.1, -0.05) is 0 Å². The van der Waals surface area contributed by atoms with Gasteiger partial charge in [-0.05, 0) is 0 Å². The normalized spacial score (nSPS) is 17.3. The molecule has 0 aromatic heterocycles. The van der Waals surface area contributed by atoms with Crippen LogP contribution >= 0.6 is 0 Å². The summed E-state index contributed by atoms with van der Waals surface area (Å²) in [6, 6.07) is 0. The van der Waals surface area contributed by atoms with E-state index in [1.165, 1.54) is 12.3 Å². The molecule has 0 unspecified atom stereocenters. The second kappa shape index (κ2) is 5.29. The molecular formula is C11H15N3O3. The lowest BCUT2D eigenvalue weighted by molar-refractivity contribution is -0.131. The predicted molar refractivity (Wildman–Crippen MR) is 63.1 cm³/mol. The molecule has 0 radical (unpaired) electrons. The lowest BCUT2D eigenvalue weighted by Crippen LogP contribution is -2.14. The quantitative estimate of drug-likeness (QED) is 0.508. The first-order valence-electron chi connectivity index (χ1n) is 4.98. The first kappa shape index (κ1) is 13.0. The van der Waals surface area contributed by atoms with Crippen LogP contribution < -0.4 is 0 Å². The summed E-state index contributed by atoms with van der Waals surface area (Å²) in [6.07, 6.45) is 4.36. The third kappa shape index (κ3) is 3.75. The van der Waals surface area contributed by atoms with Gasteiger partial charge in [0.2, 0.25) is 5.78 Å². The molecule has 0 bridgehead atoms. The van der Waals surface area contributed by atoms with Crippen LogP contribution in [-0.2, 0) is 14.3 Å². The molecule has 1 rings (SSSR count). The standard InChI is InChI=1S/C11H15N3O3/c1-13(2)6-5-9(15)10-12-8(7-14(3)4)11(16)17-10/h5-7H,1-4H3/b6-5+,8-7-. The van der Waals surface area contributed by atoms with E-state index in [9.17, 15) is 9.59 Å². The number of hydrogen-bond acceptors (Lipinski definition) is 6. The maximum Gasteiger partial charge on any atom is 0.365 e. The summed E-state index contributed by atoms with van der Waals surface area (Å²) in [6.45, 7) is 0. The van der Waals surface area contributed by atoms with Crippen molar-refractivity contribution in [1.82, 2.24) is 9.80 Å². The van der Waals surface area contributed by atoms with Crippen LogP contribution in [0.1, 0.15) is 0 Å². The molecule has 17 heavy (non-hydrogen) atoms. The third-order valence-electron chi connectivity index (χ3n) is 1.74. The van der Waals surface area contributed by atoms with Crippen LogP contribution in [0, 0.1) is 0 Å². The molecule has 1 aliphatic heterocycles. The average molecular weight is 237 g/mol. The fourth-order valence-electron chi connectivity index (χ4n) is 1.04. The van der Waals surface area contributed by atoms with Gasteiger partial charge in [0.1, 0.15) is 0 Å². The summed E-state index contributed by atoms with van der Waals surface area (Å²) in [4.78, 5) is 30.1. The molecule has 92 valence electrons. The zero-order chi connectivity index (χ0) is 13.0. The number of cyclic esters (lactones) is 1.